The van der Waals surface area contributed by atoms with E-state index in [1.807, 2.05) is 0 Å². The zero-order chi connectivity index (χ0) is 40.0. The second-order valence-electron chi connectivity index (χ2n) is 15.0. The summed E-state index contributed by atoms with van der Waals surface area (Å²) in [4.78, 5) is 38.6. The molecule has 0 spiro atoms. The number of fused-ring (bicyclic) bond motifs is 1. The maximum absolute atomic E-state index is 9.10. The molecule has 0 aliphatic carbocycles. The minimum absolute atomic E-state index is 0.742. The number of carboxylic acids is 2. The molecule has 7 rings (SSSR count). The summed E-state index contributed by atoms with van der Waals surface area (Å²) in [5.74, 6) is -2.91. The highest BCUT2D eigenvalue weighted by molar-refractivity contribution is 6.27. The quantitative estimate of drug-likeness (QED) is 0.0887. The maximum Gasteiger partial charge on any atom is 0.414 e. The van der Waals surface area contributed by atoms with Crippen LogP contribution in [0, 0.1) is 0 Å². The Labute approximate surface area is 335 Å². The molecule has 2 aliphatic rings. The molecule has 4 N–H and O–H groups in total. The van der Waals surface area contributed by atoms with Gasteiger partial charge < -0.3 is 45.0 Å². The monoisotopic (exact) mass is 775 g/mol. The van der Waals surface area contributed by atoms with E-state index in [0.29, 0.717) is 0 Å². The lowest BCUT2D eigenvalue weighted by Crippen LogP contribution is -2.45. The maximum atomic E-state index is 9.10. The van der Waals surface area contributed by atoms with Crippen LogP contribution >= 0.6 is 0 Å². The molecule has 0 radical (unpaired) electrons. The van der Waals surface area contributed by atoms with Gasteiger partial charge in [0.1, 0.15) is 5.65 Å². The zero-order valence-electron chi connectivity index (χ0n) is 33.3. The summed E-state index contributed by atoms with van der Waals surface area (Å²) in [5.41, 5.74) is 7.65. The van der Waals surface area contributed by atoms with E-state index in [1.54, 1.807) is 0 Å². The highest BCUT2D eigenvalue weighted by atomic mass is 16.4. The van der Waals surface area contributed by atoms with Crippen molar-refractivity contribution in [2.45, 2.75) is 25.9 Å². The number of hydrogen-bond acceptors (Lipinski definition) is 10. The third-order valence-corrected chi connectivity index (χ3v) is 10.7. The van der Waals surface area contributed by atoms with Crippen molar-refractivity contribution >= 4 is 23.0 Å². The first kappa shape index (κ1) is 41.6. The molecule has 302 valence electrons. The first-order valence-corrected chi connectivity index (χ1v) is 20.1. The summed E-state index contributed by atoms with van der Waals surface area (Å²) >= 11 is 0. The van der Waals surface area contributed by atoms with Crippen LogP contribution in [0.3, 0.4) is 0 Å². The van der Waals surface area contributed by atoms with Gasteiger partial charge in [0.2, 0.25) is 0 Å². The van der Waals surface area contributed by atoms with Gasteiger partial charge in [0.25, 0.3) is 0 Å². The number of aliphatic carboxylic acids is 2. The van der Waals surface area contributed by atoms with Crippen molar-refractivity contribution in [2.75, 3.05) is 92.6 Å². The molecule has 4 heterocycles. The highest BCUT2D eigenvalue weighted by Gasteiger charge is 2.17. The lowest BCUT2D eigenvalue weighted by atomic mass is 10.1. The Morgan fingerprint density at radius 1 is 0.614 bits per heavy atom. The van der Waals surface area contributed by atoms with Gasteiger partial charge in [0.15, 0.2) is 5.82 Å². The molecule has 57 heavy (non-hydrogen) atoms. The summed E-state index contributed by atoms with van der Waals surface area (Å²) in [7, 11) is 4.43. The summed E-state index contributed by atoms with van der Waals surface area (Å²) in [6.45, 7) is 15.6. The number of benzene rings is 3. The fourth-order valence-corrected chi connectivity index (χ4v) is 7.18. The highest BCUT2D eigenvalue weighted by Crippen LogP contribution is 2.31. The van der Waals surface area contributed by atoms with Gasteiger partial charge in [-0.3, -0.25) is 0 Å². The van der Waals surface area contributed by atoms with E-state index in [0.717, 1.165) is 65.5 Å². The number of carboxylic acid groups (broad SMARTS) is 2. The Morgan fingerprint density at radius 3 is 1.60 bits per heavy atom. The molecular weight excluding hydrogens is 719 g/mol. The fraction of sp³-hybridized carbons (Fsp3) is 0.409. The number of hydrogen-bond donors (Lipinski definition) is 4. The van der Waals surface area contributed by atoms with Crippen LogP contribution in [-0.4, -0.2) is 149 Å². The minimum atomic E-state index is -1.82. The van der Waals surface area contributed by atoms with E-state index in [2.05, 4.69) is 140 Å². The van der Waals surface area contributed by atoms with Crippen LogP contribution in [0.15, 0.2) is 91.1 Å². The number of nitrogens with zero attached hydrogens (tertiary/aromatic N) is 7. The number of para-hydroxylation sites is 1. The van der Waals surface area contributed by atoms with Crippen molar-refractivity contribution in [1.82, 2.24) is 44.8 Å². The lowest BCUT2D eigenvalue weighted by Gasteiger charge is -2.32. The van der Waals surface area contributed by atoms with Gasteiger partial charge >= 0.3 is 11.9 Å². The Morgan fingerprint density at radius 2 is 1.11 bits per heavy atom. The number of aromatic nitrogens is 3. The smallest absolute Gasteiger partial charge is 0.414 e. The van der Waals surface area contributed by atoms with E-state index >= 15 is 0 Å². The van der Waals surface area contributed by atoms with E-state index in [9.17, 15) is 0 Å². The molecule has 13 heteroatoms. The number of piperazine rings is 2. The second kappa shape index (κ2) is 20.9. The average Bonchev–Trinajstić information content (AvgIpc) is 3.67. The molecule has 0 unspecified atom stereocenters. The summed E-state index contributed by atoms with van der Waals surface area (Å²) in [6.07, 6.45) is 4.46. The van der Waals surface area contributed by atoms with E-state index in [-0.39, 0.29) is 0 Å². The molecule has 5 aromatic rings. The van der Waals surface area contributed by atoms with Crippen LogP contribution in [-0.2, 0) is 22.7 Å². The van der Waals surface area contributed by atoms with Gasteiger partial charge in [-0.05, 0) is 82.4 Å². The molecule has 0 bridgehead atoms. The number of nitrogens with one attached hydrogen (secondary N) is 2. The summed E-state index contributed by atoms with van der Waals surface area (Å²) in [5, 5.41) is 23.1. The molecule has 13 nitrogen and oxygen atoms in total. The molecular formula is C44H57N9O4. The van der Waals surface area contributed by atoms with Crippen molar-refractivity contribution in [3.8, 4) is 28.3 Å². The van der Waals surface area contributed by atoms with E-state index in [1.165, 1.54) is 89.4 Å². The van der Waals surface area contributed by atoms with Crippen molar-refractivity contribution in [2.24, 2.45) is 0 Å². The predicted molar refractivity (Wildman–Crippen MR) is 226 cm³/mol. The van der Waals surface area contributed by atoms with Crippen LogP contribution in [0.5, 0.6) is 0 Å². The minimum Gasteiger partial charge on any atom is -0.473 e. The Hall–Kier alpha value is -5.02. The van der Waals surface area contributed by atoms with Crippen molar-refractivity contribution < 1.29 is 19.8 Å². The molecule has 2 fully saturated rings. The largest absolute Gasteiger partial charge is 0.473 e. The Balaban J connectivity index is 0.000000850. The fourth-order valence-electron chi connectivity index (χ4n) is 7.18. The first-order valence-electron chi connectivity index (χ1n) is 20.1. The van der Waals surface area contributed by atoms with Gasteiger partial charge in [-0.1, -0.05) is 66.7 Å². The normalized spacial score (nSPS) is 15.7. The topological polar surface area (TPSA) is 142 Å². The number of likely N-dealkylation sites (N-methyl/N-ethyl adjacent to an activating group) is 2. The van der Waals surface area contributed by atoms with Gasteiger partial charge in [-0.25, -0.2) is 19.6 Å². The van der Waals surface area contributed by atoms with Crippen molar-refractivity contribution in [3.63, 3.8) is 0 Å². The van der Waals surface area contributed by atoms with Crippen LogP contribution in [0.4, 0.5) is 0 Å². The first-order chi connectivity index (χ1) is 27.7. The lowest BCUT2D eigenvalue weighted by molar-refractivity contribution is -0.159. The standard InChI is InChI=1S/C42H55N9.C2H2O4/c1-47-24-28-49(29-25-47)21-6-19-43-32-34-10-14-36(15-11-34)40-39-18-23-51(38-8-4-3-5-9-38)42(39)46-41(45-40)37-16-12-35(13-17-37)33-44-20-7-22-50-30-26-48(2)27-31-50;3-1(4)2(5)6/h3-5,8-18,23,43-44H,6-7,19-22,24-33H2,1-2H3;(H,3,4)(H,5,6). The van der Waals surface area contributed by atoms with E-state index in [4.69, 9.17) is 29.8 Å². The van der Waals surface area contributed by atoms with Crippen LogP contribution < -0.4 is 10.6 Å². The number of rotatable bonds is 15. The molecule has 2 saturated heterocycles. The van der Waals surface area contributed by atoms with Crippen LogP contribution in [0.1, 0.15) is 24.0 Å². The molecule has 3 aromatic carbocycles. The third-order valence-electron chi connectivity index (χ3n) is 10.7. The van der Waals surface area contributed by atoms with Gasteiger partial charge in [-0.2, -0.15) is 0 Å². The van der Waals surface area contributed by atoms with Crippen molar-refractivity contribution in [1.29, 1.82) is 0 Å². The third kappa shape index (κ3) is 12.2. The molecule has 0 saturated carbocycles. The van der Waals surface area contributed by atoms with E-state index < -0.39 is 11.9 Å². The Kier molecular flexibility index (Phi) is 15.3. The molecule has 0 amide bonds. The van der Waals surface area contributed by atoms with Crippen LogP contribution in [0.25, 0.3) is 39.4 Å². The molecule has 2 aromatic heterocycles. The second-order valence-corrected chi connectivity index (χ2v) is 15.0. The summed E-state index contributed by atoms with van der Waals surface area (Å²) < 4.78 is 2.17. The van der Waals surface area contributed by atoms with Gasteiger partial charge in [0.05, 0.1) is 5.69 Å². The molecule has 0 atom stereocenters. The van der Waals surface area contributed by atoms with Crippen molar-refractivity contribution in [3.05, 3.63) is 102 Å². The van der Waals surface area contributed by atoms with Gasteiger partial charge in [-0.15, -0.1) is 0 Å². The predicted octanol–water partition coefficient (Wildman–Crippen LogP) is 4.36. The van der Waals surface area contributed by atoms with Gasteiger partial charge in [0, 0.05) is 93.8 Å². The Bertz CT molecular complexity index is 1990. The molecule has 2 aliphatic heterocycles. The number of carbonyl (C=O) groups is 2. The SMILES string of the molecule is CN1CCN(CCCNCc2ccc(-c3nc(-c4ccc(CNCCCN5CCN(C)CC5)cc4)c4ccn(-c5ccccc5)c4n3)cc2)CC1.O=C(O)C(=O)O. The zero-order valence-corrected chi connectivity index (χ0v) is 33.3. The average molecular weight is 776 g/mol. The summed E-state index contributed by atoms with van der Waals surface area (Å²) in [6, 6.07) is 30.2. The van der Waals surface area contributed by atoms with Crippen LogP contribution in [0.2, 0.25) is 0 Å².